The Morgan fingerprint density at radius 1 is 1.50 bits per heavy atom. The molecular formula is C12H15FN6O. The molecule has 0 aliphatic carbocycles. The highest BCUT2D eigenvalue weighted by Gasteiger charge is 2.15. The summed E-state index contributed by atoms with van der Waals surface area (Å²) in [7, 11) is 3.36. The molecule has 8 heteroatoms. The number of hydrogen-bond donors (Lipinski definition) is 2. The minimum Gasteiger partial charge on any atom is -0.371 e. The van der Waals surface area contributed by atoms with Gasteiger partial charge in [0.1, 0.15) is 12.2 Å². The highest BCUT2D eigenvalue weighted by atomic mass is 19.1. The Morgan fingerprint density at radius 3 is 2.95 bits per heavy atom. The monoisotopic (exact) mass is 278 g/mol. The molecule has 0 spiro atoms. The summed E-state index contributed by atoms with van der Waals surface area (Å²) in [5, 5.41) is 12.9. The lowest BCUT2D eigenvalue weighted by Gasteiger charge is -2.08. The number of aromatic nitrogens is 4. The van der Waals surface area contributed by atoms with E-state index in [9.17, 15) is 9.18 Å². The van der Waals surface area contributed by atoms with E-state index in [2.05, 4.69) is 25.8 Å². The van der Waals surface area contributed by atoms with Crippen LogP contribution in [0.25, 0.3) is 0 Å². The van der Waals surface area contributed by atoms with E-state index in [1.807, 2.05) is 7.05 Å². The first-order chi connectivity index (χ1) is 9.63. The first kappa shape index (κ1) is 13.9. The number of rotatable bonds is 5. The third-order valence-electron chi connectivity index (χ3n) is 2.81. The molecule has 0 aromatic carbocycles. The van der Waals surface area contributed by atoms with Gasteiger partial charge in [0.2, 0.25) is 0 Å². The molecule has 2 N–H and O–H groups in total. The SMILES string of the molecule is CNc1nccc(C(=O)NCCc2nncn2C)c1F. The Balaban J connectivity index is 1.97. The van der Waals surface area contributed by atoms with Crippen molar-refractivity contribution in [1.82, 2.24) is 25.1 Å². The van der Waals surface area contributed by atoms with Crippen molar-refractivity contribution in [2.24, 2.45) is 7.05 Å². The highest BCUT2D eigenvalue weighted by molar-refractivity contribution is 5.95. The van der Waals surface area contributed by atoms with Crippen molar-refractivity contribution in [2.45, 2.75) is 6.42 Å². The minimum atomic E-state index is -0.661. The number of pyridine rings is 1. The number of anilines is 1. The van der Waals surface area contributed by atoms with Crippen LogP contribution in [0.4, 0.5) is 10.2 Å². The fourth-order valence-corrected chi connectivity index (χ4v) is 1.71. The maximum Gasteiger partial charge on any atom is 0.254 e. The van der Waals surface area contributed by atoms with Crippen LogP contribution in [-0.2, 0) is 13.5 Å². The van der Waals surface area contributed by atoms with Crippen LogP contribution in [0.5, 0.6) is 0 Å². The fourth-order valence-electron chi connectivity index (χ4n) is 1.71. The van der Waals surface area contributed by atoms with E-state index in [4.69, 9.17) is 0 Å². The first-order valence-corrected chi connectivity index (χ1v) is 6.06. The van der Waals surface area contributed by atoms with E-state index >= 15 is 0 Å². The van der Waals surface area contributed by atoms with Crippen LogP contribution in [0.1, 0.15) is 16.2 Å². The van der Waals surface area contributed by atoms with Gasteiger partial charge in [0.05, 0.1) is 5.56 Å². The van der Waals surface area contributed by atoms with Gasteiger partial charge in [-0.05, 0) is 6.07 Å². The van der Waals surface area contributed by atoms with Crippen molar-refractivity contribution in [2.75, 3.05) is 18.9 Å². The lowest BCUT2D eigenvalue weighted by molar-refractivity contribution is 0.0950. The summed E-state index contributed by atoms with van der Waals surface area (Å²) in [6, 6.07) is 1.34. The molecule has 7 nitrogen and oxygen atoms in total. The average Bonchev–Trinajstić information content (AvgIpc) is 2.84. The van der Waals surface area contributed by atoms with Crippen molar-refractivity contribution in [3.8, 4) is 0 Å². The van der Waals surface area contributed by atoms with Gasteiger partial charge in [0.15, 0.2) is 11.6 Å². The molecule has 0 radical (unpaired) electrons. The smallest absolute Gasteiger partial charge is 0.254 e. The van der Waals surface area contributed by atoms with Crippen molar-refractivity contribution in [1.29, 1.82) is 0 Å². The van der Waals surface area contributed by atoms with E-state index in [-0.39, 0.29) is 11.4 Å². The summed E-state index contributed by atoms with van der Waals surface area (Å²) < 4.78 is 15.6. The van der Waals surface area contributed by atoms with Gasteiger partial charge in [0, 0.05) is 33.3 Å². The number of halogens is 1. The third kappa shape index (κ3) is 2.90. The Bertz CT molecular complexity index is 612. The second-order valence-electron chi connectivity index (χ2n) is 4.14. The van der Waals surface area contributed by atoms with Gasteiger partial charge in [-0.3, -0.25) is 4.79 Å². The lowest BCUT2D eigenvalue weighted by Crippen LogP contribution is -2.27. The van der Waals surface area contributed by atoms with Crippen LogP contribution < -0.4 is 10.6 Å². The number of nitrogens with zero attached hydrogens (tertiary/aromatic N) is 4. The molecule has 0 unspecified atom stereocenters. The number of amides is 1. The maximum absolute atomic E-state index is 13.9. The molecule has 1 amide bonds. The molecular weight excluding hydrogens is 263 g/mol. The zero-order valence-electron chi connectivity index (χ0n) is 11.2. The van der Waals surface area contributed by atoms with E-state index in [1.54, 1.807) is 17.9 Å². The second kappa shape index (κ2) is 6.09. The van der Waals surface area contributed by atoms with Crippen LogP contribution in [0.3, 0.4) is 0 Å². The van der Waals surface area contributed by atoms with Crippen molar-refractivity contribution in [3.05, 3.63) is 35.8 Å². The van der Waals surface area contributed by atoms with Crippen LogP contribution in [-0.4, -0.2) is 39.2 Å². The van der Waals surface area contributed by atoms with Gasteiger partial charge < -0.3 is 15.2 Å². The summed E-state index contributed by atoms with van der Waals surface area (Å²) in [5.41, 5.74) is -0.0395. The largest absolute Gasteiger partial charge is 0.371 e. The van der Waals surface area contributed by atoms with Crippen LogP contribution >= 0.6 is 0 Å². The van der Waals surface area contributed by atoms with Crippen LogP contribution in [0, 0.1) is 5.82 Å². The molecule has 2 aromatic heterocycles. The van der Waals surface area contributed by atoms with Gasteiger partial charge in [-0.25, -0.2) is 9.37 Å². The predicted octanol–water partition coefficient (Wildman–Crippen LogP) is 0.363. The molecule has 0 aliphatic heterocycles. The standard InChI is InChI=1S/C12H15FN6O/c1-14-11-10(13)8(3-5-15-11)12(20)16-6-4-9-18-17-7-19(9)2/h3,5,7H,4,6H2,1-2H3,(H,14,15)(H,16,20). The molecule has 0 saturated carbocycles. The Kier molecular flexibility index (Phi) is 4.24. The molecule has 0 fully saturated rings. The molecule has 0 aliphatic rings. The van der Waals surface area contributed by atoms with Gasteiger partial charge in [-0.1, -0.05) is 0 Å². The number of carbonyl (C=O) groups excluding carboxylic acids is 1. The summed E-state index contributed by atoms with van der Waals surface area (Å²) in [6.07, 6.45) is 3.49. The van der Waals surface area contributed by atoms with E-state index < -0.39 is 11.7 Å². The number of carbonyl (C=O) groups is 1. The molecule has 20 heavy (non-hydrogen) atoms. The van der Waals surface area contributed by atoms with Gasteiger partial charge in [-0.2, -0.15) is 0 Å². The predicted molar refractivity (Wildman–Crippen MR) is 70.8 cm³/mol. The van der Waals surface area contributed by atoms with Gasteiger partial charge in [0.25, 0.3) is 5.91 Å². The Hall–Kier alpha value is -2.51. The van der Waals surface area contributed by atoms with Gasteiger partial charge >= 0.3 is 0 Å². The first-order valence-electron chi connectivity index (χ1n) is 6.06. The quantitative estimate of drug-likeness (QED) is 0.825. The second-order valence-corrected chi connectivity index (χ2v) is 4.14. The molecule has 2 rings (SSSR count). The molecule has 0 saturated heterocycles. The van der Waals surface area contributed by atoms with Crippen molar-refractivity contribution in [3.63, 3.8) is 0 Å². The Labute approximate surface area is 115 Å². The summed E-state index contributed by atoms with van der Waals surface area (Å²) in [6.45, 7) is 0.349. The number of nitrogens with one attached hydrogen (secondary N) is 2. The minimum absolute atomic E-state index is 0.0395. The molecule has 106 valence electrons. The third-order valence-corrected chi connectivity index (χ3v) is 2.81. The normalized spacial score (nSPS) is 10.3. The number of hydrogen-bond acceptors (Lipinski definition) is 5. The Morgan fingerprint density at radius 2 is 2.30 bits per heavy atom. The molecule has 0 atom stereocenters. The maximum atomic E-state index is 13.9. The summed E-state index contributed by atoms with van der Waals surface area (Å²) in [4.78, 5) is 15.7. The van der Waals surface area contributed by atoms with Crippen LogP contribution in [0.2, 0.25) is 0 Å². The zero-order chi connectivity index (χ0) is 14.5. The van der Waals surface area contributed by atoms with Crippen LogP contribution in [0.15, 0.2) is 18.6 Å². The zero-order valence-corrected chi connectivity index (χ0v) is 11.2. The topological polar surface area (TPSA) is 84.7 Å². The average molecular weight is 278 g/mol. The fraction of sp³-hybridized carbons (Fsp3) is 0.333. The van der Waals surface area contributed by atoms with Crippen molar-refractivity contribution < 1.29 is 9.18 Å². The van der Waals surface area contributed by atoms with Gasteiger partial charge in [-0.15, -0.1) is 10.2 Å². The van der Waals surface area contributed by atoms with E-state index in [0.717, 1.165) is 5.82 Å². The van der Waals surface area contributed by atoms with E-state index in [0.29, 0.717) is 13.0 Å². The van der Waals surface area contributed by atoms with Crippen molar-refractivity contribution >= 4 is 11.7 Å². The summed E-state index contributed by atoms with van der Waals surface area (Å²) in [5.74, 6) is -0.350. The molecule has 0 bridgehead atoms. The highest BCUT2D eigenvalue weighted by Crippen LogP contribution is 2.14. The molecule has 2 heterocycles. The lowest BCUT2D eigenvalue weighted by atomic mass is 10.2. The van der Waals surface area contributed by atoms with E-state index in [1.165, 1.54) is 12.3 Å². The number of aryl methyl sites for hydroxylation is 1. The summed E-state index contributed by atoms with van der Waals surface area (Å²) >= 11 is 0. The molecule has 2 aromatic rings.